The fourth-order valence-electron chi connectivity index (χ4n) is 3.23. The molecule has 2 aromatic rings. The summed E-state index contributed by atoms with van der Waals surface area (Å²) in [5.74, 6) is -1.00. The van der Waals surface area contributed by atoms with Crippen LogP contribution in [0.4, 0.5) is 0 Å². The van der Waals surface area contributed by atoms with Gasteiger partial charge in [0.25, 0.3) is 0 Å². The maximum Gasteiger partial charge on any atom is 0.127 e. The smallest absolute Gasteiger partial charge is 0.127 e. The lowest BCUT2D eigenvalue weighted by molar-refractivity contribution is -0.114. The van der Waals surface area contributed by atoms with Gasteiger partial charge in [0.1, 0.15) is 41.3 Å². The SMILES string of the molecule is OC[C@@H](O)[C@@H](O)[C@H](O)[C@@H](O)CNC(CCc1ccc(O)cc1)c1c(O)cc(O)cc1O. The molecule has 0 heterocycles. The number of hydrogen-bond donors (Lipinski definition) is 10. The molecule has 0 fully saturated rings. The van der Waals surface area contributed by atoms with Crippen LogP contribution in [-0.2, 0) is 6.42 Å². The van der Waals surface area contributed by atoms with Gasteiger partial charge in [-0.05, 0) is 30.5 Å². The zero-order chi connectivity index (χ0) is 23.1. The van der Waals surface area contributed by atoms with Gasteiger partial charge in [-0.3, -0.25) is 0 Å². The van der Waals surface area contributed by atoms with E-state index >= 15 is 0 Å². The highest BCUT2D eigenvalue weighted by molar-refractivity contribution is 5.50. The summed E-state index contributed by atoms with van der Waals surface area (Å²) in [5, 5.41) is 90.5. The Hall–Kier alpha value is -2.60. The fraction of sp³-hybridized carbons (Fsp3) is 0.429. The van der Waals surface area contributed by atoms with Gasteiger partial charge in [0.05, 0.1) is 18.3 Å². The lowest BCUT2D eigenvalue weighted by Gasteiger charge is -2.28. The van der Waals surface area contributed by atoms with Crippen LogP contribution in [-0.4, -0.2) is 83.5 Å². The lowest BCUT2D eigenvalue weighted by atomic mass is 9.96. The zero-order valence-corrected chi connectivity index (χ0v) is 16.7. The summed E-state index contributed by atoms with van der Waals surface area (Å²) < 4.78 is 0. The van der Waals surface area contributed by atoms with Gasteiger partial charge in [0.15, 0.2) is 0 Å². The highest BCUT2D eigenvalue weighted by atomic mass is 16.4. The summed E-state index contributed by atoms with van der Waals surface area (Å²) in [4.78, 5) is 0. The number of phenols is 4. The highest BCUT2D eigenvalue weighted by Gasteiger charge is 2.31. The Balaban J connectivity index is 2.17. The van der Waals surface area contributed by atoms with Gasteiger partial charge in [-0.25, -0.2) is 0 Å². The first-order valence-corrected chi connectivity index (χ1v) is 9.73. The summed E-state index contributed by atoms with van der Waals surface area (Å²) in [6.45, 7) is -1.10. The molecule has 10 nitrogen and oxygen atoms in total. The van der Waals surface area contributed by atoms with E-state index in [1.54, 1.807) is 12.1 Å². The molecule has 0 aromatic heterocycles. The molecule has 1 unspecified atom stereocenters. The Morgan fingerprint density at radius 3 is 1.84 bits per heavy atom. The van der Waals surface area contributed by atoms with Crippen molar-refractivity contribution in [1.29, 1.82) is 0 Å². The van der Waals surface area contributed by atoms with Crippen LogP contribution in [0.15, 0.2) is 36.4 Å². The van der Waals surface area contributed by atoms with Crippen molar-refractivity contribution in [3.05, 3.63) is 47.5 Å². The first-order valence-electron chi connectivity index (χ1n) is 9.73. The van der Waals surface area contributed by atoms with Gasteiger partial charge in [-0.2, -0.15) is 0 Å². The summed E-state index contributed by atoms with van der Waals surface area (Å²) in [5.41, 5.74) is 0.915. The topological polar surface area (TPSA) is 194 Å². The third kappa shape index (κ3) is 6.69. The standard InChI is InChI=1S/C21H29NO9/c23-10-18(29)21(31)20(30)17(28)9-22-14(6-3-11-1-4-12(24)5-2-11)19-15(26)7-13(25)8-16(19)27/h1-2,4-5,7-8,14,17-18,20-31H,3,6,9-10H2/t14?,17-,18+,20+,21+/m0/s1. The fourth-order valence-corrected chi connectivity index (χ4v) is 3.23. The second kappa shape index (κ2) is 11.1. The van der Waals surface area contributed by atoms with Crippen LogP contribution in [0.3, 0.4) is 0 Å². The van der Waals surface area contributed by atoms with E-state index < -0.39 is 37.1 Å². The zero-order valence-electron chi connectivity index (χ0n) is 16.7. The average Bonchev–Trinajstić information content (AvgIpc) is 2.73. The van der Waals surface area contributed by atoms with Crippen molar-refractivity contribution in [1.82, 2.24) is 5.32 Å². The predicted octanol–water partition coefficient (Wildman–Crippen LogP) is -0.792. The molecule has 172 valence electrons. The third-order valence-electron chi connectivity index (χ3n) is 5.03. The molecule has 0 bridgehead atoms. The maximum atomic E-state index is 10.2. The van der Waals surface area contributed by atoms with E-state index in [-0.39, 0.29) is 35.1 Å². The molecule has 10 heteroatoms. The maximum absolute atomic E-state index is 10.2. The molecule has 10 N–H and O–H groups in total. The number of aliphatic hydroxyl groups is 5. The van der Waals surface area contributed by atoms with Gasteiger partial charge in [0, 0.05) is 24.7 Å². The molecule has 0 amide bonds. The van der Waals surface area contributed by atoms with Crippen LogP contribution in [0.2, 0.25) is 0 Å². The molecule has 0 saturated heterocycles. The van der Waals surface area contributed by atoms with Crippen molar-refractivity contribution >= 4 is 0 Å². The number of benzene rings is 2. The molecule has 0 spiro atoms. The monoisotopic (exact) mass is 439 g/mol. The Morgan fingerprint density at radius 2 is 1.29 bits per heavy atom. The molecule has 0 saturated carbocycles. The second-order valence-corrected chi connectivity index (χ2v) is 7.36. The van der Waals surface area contributed by atoms with Gasteiger partial charge >= 0.3 is 0 Å². The van der Waals surface area contributed by atoms with Crippen molar-refractivity contribution in [2.45, 2.75) is 43.3 Å². The predicted molar refractivity (Wildman–Crippen MR) is 110 cm³/mol. The van der Waals surface area contributed by atoms with Crippen LogP contribution >= 0.6 is 0 Å². The van der Waals surface area contributed by atoms with Gasteiger partial charge in [-0.15, -0.1) is 0 Å². The molecule has 31 heavy (non-hydrogen) atoms. The first kappa shape index (κ1) is 24.7. The van der Waals surface area contributed by atoms with E-state index in [9.17, 15) is 40.9 Å². The third-order valence-corrected chi connectivity index (χ3v) is 5.03. The van der Waals surface area contributed by atoms with Crippen molar-refractivity contribution < 1.29 is 46.0 Å². The minimum Gasteiger partial charge on any atom is -0.508 e. The molecule has 0 radical (unpaired) electrons. The quantitative estimate of drug-likeness (QED) is 0.212. The summed E-state index contributed by atoms with van der Waals surface area (Å²) in [6, 6.07) is 7.80. The highest BCUT2D eigenvalue weighted by Crippen LogP contribution is 2.38. The Labute approximate surface area is 178 Å². The van der Waals surface area contributed by atoms with E-state index in [4.69, 9.17) is 5.11 Å². The van der Waals surface area contributed by atoms with E-state index in [0.29, 0.717) is 12.8 Å². The normalized spacial score (nSPS) is 16.4. The molecule has 5 atom stereocenters. The Kier molecular flexibility index (Phi) is 8.87. The largest absolute Gasteiger partial charge is 0.508 e. The van der Waals surface area contributed by atoms with E-state index in [1.807, 2.05) is 0 Å². The minimum absolute atomic E-state index is 0.0641. The molecule has 0 aliphatic rings. The van der Waals surface area contributed by atoms with Crippen LogP contribution in [0.25, 0.3) is 0 Å². The van der Waals surface area contributed by atoms with Crippen LogP contribution < -0.4 is 5.32 Å². The summed E-state index contributed by atoms with van der Waals surface area (Å²) >= 11 is 0. The number of hydrogen-bond acceptors (Lipinski definition) is 10. The number of aliphatic hydroxyl groups excluding tert-OH is 5. The van der Waals surface area contributed by atoms with Crippen LogP contribution in [0.1, 0.15) is 23.6 Å². The number of phenolic OH excluding ortho intramolecular Hbond substituents is 4. The minimum atomic E-state index is -1.78. The van der Waals surface area contributed by atoms with Crippen molar-refractivity contribution in [3.63, 3.8) is 0 Å². The number of aromatic hydroxyl groups is 4. The average molecular weight is 439 g/mol. The van der Waals surface area contributed by atoms with Gasteiger partial charge in [-0.1, -0.05) is 12.1 Å². The molecule has 2 aromatic carbocycles. The van der Waals surface area contributed by atoms with E-state index in [1.165, 1.54) is 12.1 Å². The molecule has 0 aliphatic carbocycles. The van der Waals surface area contributed by atoms with E-state index in [0.717, 1.165) is 17.7 Å². The van der Waals surface area contributed by atoms with Crippen molar-refractivity contribution in [3.8, 4) is 23.0 Å². The molecular weight excluding hydrogens is 410 g/mol. The van der Waals surface area contributed by atoms with Gasteiger partial charge < -0.3 is 51.3 Å². The van der Waals surface area contributed by atoms with Crippen molar-refractivity contribution in [2.24, 2.45) is 0 Å². The van der Waals surface area contributed by atoms with Crippen LogP contribution in [0.5, 0.6) is 23.0 Å². The summed E-state index contributed by atoms with van der Waals surface area (Å²) in [7, 11) is 0. The van der Waals surface area contributed by atoms with Gasteiger partial charge in [0.2, 0.25) is 0 Å². The molecular formula is C21H29NO9. The molecule has 0 aliphatic heterocycles. The van der Waals surface area contributed by atoms with Crippen LogP contribution in [0, 0.1) is 0 Å². The first-order chi connectivity index (χ1) is 14.6. The number of rotatable bonds is 11. The Morgan fingerprint density at radius 1 is 0.742 bits per heavy atom. The Bertz CT molecular complexity index is 807. The number of nitrogens with one attached hydrogen (secondary N) is 1. The summed E-state index contributed by atoms with van der Waals surface area (Å²) in [6.07, 6.45) is -5.99. The van der Waals surface area contributed by atoms with E-state index in [2.05, 4.69) is 5.32 Å². The number of aryl methyl sites for hydroxylation is 1. The van der Waals surface area contributed by atoms with Crippen molar-refractivity contribution in [2.75, 3.05) is 13.2 Å². The lowest BCUT2D eigenvalue weighted by Crippen LogP contribution is -2.49. The molecule has 2 rings (SSSR count). The second-order valence-electron chi connectivity index (χ2n) is 7.36.